The van der Waals surface area contributed by atoms with Gasteiger partial charge < -0.3 is 20.1 Å². The zero-order valence-corrected chi connectivity index (χ0v) is 8.97. The number of H-pyrrole nitrogens is 1. The summed E-state index contributed by atoms with van der Waals surface area (Å²) in [4.78, 5) is 9.00. The van der Waals surface area contributed by atoms with E-state index in [2.05, 4.69) is 9.97 Å². The smallest absolute Gasteiger partial charge is 0.204 e. The maximum absolute atomic E-state index is 13.0. The number of imidazole rings is 1. The minimum absolute atomic E-state index is 0.323. The third kappa shape index (κ3) is 1.75. The number of benzene rings is 1. The molecule has 1 aliphatic heterocycles. The molecule has 0 aliphatic carbocycles. The fraction of sp³-hybridized carbons (Fsp3) is 0.364. The molecule has 0 spiro atoms. The molecule has 6 heteroatoms. The first-order valence-electron chi connectivity index (χ1n) is 5.40. The highest BCUT2D eigenvalue weighted by Gasteiger charge is 2.31. The molecule has 2 atom stereocenters. The van der Waals surface area contributed by atoms with E-state index in [0.717, 1.165) is 0 Å². The van der Waals surface area contributed by atoms with Crippen molar-refractivity contribution < 1.29 is 14.6 Å². The Bertz CT molecular complexity index is 547. The van der Waals surface area contributed by atoms with Crippen LogP contribution < -0.4 is 4.90 Å². The molecule has 2 unspecified atom stereocenters. The first-order chi connectivity index (χ1) is 8.13. The minimum atomic E-state index is -0.764. The van der Waals surface area contributed by atoms with Gasteiger partial charge in [0.15, 0.2) is 0 Å². The number of anilines is 1. The second kappa shape index (κ2) is 3.68. The first-order valence-corrected chi connectivity index (χ1v) is 5.40. The fourth-order valence-electron chi connectivity index (χ4n) is 2.06. The van der Waals surface area contributed by atoms with Crippen molar-refractivity contribution in [1.29, 1.82) is 0 Å². The number of rotatable bonds is 1. The highest BCUT2D eigenvalue weighted by Crippen LogP contribution is 2.21. The van der Waals surface area contributed by atoms with Crippen molar-refractivity contribution in [2.45, 2.75) is 12.2 Å². The maximum atomic E-state index is 13.0. The van der Waals surface area contributed by atoms with Gasteiger partial charge in [-0.3, -0.25) is 0 Å². The SMILES string of the molecule is OC1CN(c2nc3ccc(F)cc3[nH]2)CC1O. The van der Waals surface area contributed by atoms with Crippen LogP contribution in [0.5, 0.6) is 0 Å². The molecular formula is C11H12FN3O2. The molecule has 0 saturated carbocycles. The Labute approximate surface area is 96.5 Å². The van der Waals surface area contributed by atoms with Crippen molar-refractivity contribution in [2.75, 3.05) is 18.0 Å². The Kier molecular flexibility index (Phi) is 2.27. The van der Waals surface area contributed by atoms with E-state index in [4.69, 9.17) is 0 Å². The third-order valence-electron chi connectivity index (χ3n) is 2.99. The molecule has 1 fully saturated rings. The van der Waals surface area contributed by atoms with Crippen molar-refractivity contribution in [3.8, 4) is 0 Å². The van der Waals surface area contributed by atoms with Gasteiger partial charge in [0.25, 0.3) is 0 Å². The van der Waals surface area contributed by atoms with Crippen molar-refractivity contribution in [3.05, 3.63) is 24.0 Å². The topological polar surface area (TPSA) is 72.4 Å². The van der Waals surface area contributed by atoms with Gasteiger partial charge in [-0.25, -0.2) is 9.37 Å². The number of hydrogen-bond acceptors (Lipinski definition) is 4. The van der Waals surface area contributed by atoms with E-state index in [-0.39, 0.29) is 5.82 Å². The van der Waals surface area contributed by atoms with Crippen LogP contribution in [0, 0.1) is 5.82 Å². The number of fused-ring (bicyclic) bond motifs is 1. The molecule has 3 N–H and O–H groups in total. The monoisotopic (exact) mass is 237 g/mol. The van der Waals surface area contributed by atoms with Crippen molar-refractivity contribution in [2.24, 2.45) is 0 Å². The van der Waals surface area contributed by atoms with Crippen molar-refractivity contribution in [1.82, 2.24) is 9.97 Å². The lowest BCUT2D eigenvalue weighted by Gasteiger charge is -2.12. The van der Waals surface area contributed by atoms with Crippen LogP contribution in [0.25, 0.3) is 11.0 Å². The fourth-order valence-corrected chi connectivity index (χ4v) is 2.06. The largest absolute Gasteiger partial charge is 0.388 e. The molecule has 1 aliphatic rings. The molecule has 1 aromatic heterocycles. The number of aromatic amines is 1. The summed E-state index contributed by atoms with van der Waals surface area (Å²) in [6.45, 7) is 0.646. The van der Waals surface area contributed by atoms with E-state index < -0.39 is 12.2 Å². The lowest BCUT2D eigenvalue weighted by Crippen LogP contribution is -2.22. The molecule has 90 valence electrons. The zero-order valence-electron chi connectivity index (χ0n) is 8.97. The molecular weight excluding hydrogens is 225 g/mol. The molecule has 5 nitrogen and oxygen atoms in total. The molecule has 1 saturated heterocycles. The van der Waals surface area contributed by atoms with E-state index in [1.807, 2.05) is 0 Å². The van der Waals surface area contributed by atoms with Crippen LogP contribution in [-0.4, -0.2) is 45.5 Å². The Morgan fingerprint density at radius 2 is 2.00 bits per heavy atom. The first kappa shape index (κ1) is 10.5. The lowest BCUT2D eigenvalue weighted by molar-refractivity contribution is 0.0572. The predicted molar refractivity (Wildman–Crippen MR) is 60.3 cm³/mol. The van der Waals surface area contributed by atoms with E-state index >= 15 is 0 Å². The highest BCUT2D eigenvalue weighted by atomic mass is 19.1. The minimum Gasteiger partial charge on any atom is -0.388 e. The van der Waals surface area contributed by atoms with Gasteiger partial charge in [-0.2, -0.15) is 0 Å². The van der Waals surface area contributed by atoms with Crippen molar-refractivity contribution in [3.63, 3.8) is 0 Å². The number of hydrogen-bond donors (Lipinski definition) is 3. The number of aliphatic hydroxyl groups excluding tert-OH is 2. The van der Waals surface area contributed by atoms with E-state index in [1.54, 1.807) is 11.0 Å². The van der Waals surface area contributed by atoms with E-state index in [0.29, 0.717) is 30.1 Å². The molecule has 0 radical (unpaired) electrons. The quantitative estimate of drug-likeness (QED) is 0.664. The Hall–Kier alpha value is -1.66. The van der Waals surface area contributed by atoms with Crippen molar-refractivity contribution >= 4 is 17.0 Å². The van der Waals surface area contributed by atoms with Gasteiger partial charge >= 0.3 is 0 Å². The van der Waals surface area contributed by atoms with Gasteiger partial charge in [-0.15, -0.1) is 0 Å². The summed E-state index contributed by atoms with van der Waals surface area (Å²) in [6, 6.07) is 4.31. The van der Waals surface area contributed by atoms with Crippen LogP contribution in [0.4, 0.5) is 10.3 Å². The lowest BCUT2D eigenvalue weighted by atomic mass is 10.3. The van der Waals surface area contributed by atoms with Crippen LogP contribution in [0.3, 0.4) is 0 Å². The second-order valence-corrected chi connectivity index (χ2v) is 4.26. The summed E-state index contributed by atoms with van der Waals surface area (Å²) in [5, 5.41) is 18.9. The van der Waals surface area contributed by atoms with Gasteiger partial charge in [-0.05, 0) is 18.2 Å². The average molecular weight is 237 g/mol. The van der Waals surface area contributed by atoms with Gasteiger partial charge in [-0.1, -0.05) is 0 Å². The number of aromatic nitrogens is 2. The normalized spacial score (nSPS) is 24.8. The molecule has 1 aromatic carbocycles. The van der Waals surface area contributed by atoms with Gasteiger partial charge in [0.2, 0.25) is 5.95 Å². The van der Waals surface area contributed by atoms with Gasteiger partial charge in [0.1, 0.15) is 5.82 Å². The number of nitrogens with zero attached hydrogens (tertiary/aromatic N) is 2. The number of nitrogens with one attached hydrogen (secondary N) is 1. The Balaban J connectivity index is 1.96. The number of aliphatic hydroxyl groups is 2. The molecule has 0 bridgehead atoms. The van der Waals surface area contributed by atoms with Crippen LogP contribution in [0.15, 0.2) is 18.2 Å². The average Bonchev–Trinajstić information content (AvgIpc) is 2.83. The summed E-state index contributed by atoms with van der Waals surface area (Å²) >= 11 is 0. The summed E-state index contributed by atoms with van der Waals surface area (Å²) in [7, 11) is 0. The molecule has 3 rings (SSSR count). The van der Waals surface area contributed by atoms with E-state index in [1.165, 1.54) is 12.1 Å². The second-order valence-electron chi connectivity index (χ2n) is 4.26. The summed E-state index contributed by atoms with van der Waals surface area (Å²) in [6.07, 6.45) is -1.53. The molecule has 2 aromatic rings. The standard InChI is InChI=1S/C11H12FN3O2/c12-6-1-2-7-8(3-6)14-11(13-7)15-4-9(16)10(17)5-15/h1-3,9-10,16-17H,4-5H2,(H,13,14). The van der Waals surface area contributed by atoms with Gasteiger partial charge in [0.05, 0.1) is 23.2 Å². The van der Waals surface area contributed by atoms with Crippen LogP contribution in [0.1, 0.15) is 0 Å². The highest BCUT2D eigenvalue weighted by molar-refractivity contribution is 5.77. The summed E-state index contributed by atoms with van der Waals surface area (Å²) in [5.41, 5.74) is 1.27. The summed E-state index contributed by atoms with van der Waals surface area (Å²) < 4.78 is 13.0. The molecule has 17 heavy (non-hydrogen) atoms. The van der Waals surface area contributed by atoms with Gasteiger partial charge in [0, 0.05) is 13.1 Å². The van der Waals surface area contributed by atoms with Crippen LogP contribution >= 0.6 is 0 Å². The van der Waals surface area contributed by atoms with Crippen LogP contribution in [0.2, 0.25) is 0 Å². The number of halogens is 1. The summed E-state index contributed by atoms with van der Waals surface area (Å²) in [5.74, 6) is 0.218. The van der Waals surface area contributed by atoms with E-state index in [9.17, 15) is 14.6 Å². The Morgan fingerprint density at radius 3 is 2.71 bits per heavy atom. The predicted octanol–water partition coefficient (Wildman–Crippen LogP) is 0.244. The van der Waals surface area contributed by atoms with Crippen LogP contribution in [-0.2, 0) is 0 Å². The third-order valence-corrected chi connectivity index (χ3v) is 2.99. The Morgan fingerprint density at radius 1 is 1.29 bits per heavy atom. The zero-order chi connectivity index (χ0) is 12.0. The molecule has 2 heterocycles. The molecule has 0 amide bonds. The maximum Gasteiger partial charge on any atom is 0.204 e. The number of β-amino-alcohol motifs (C(OH)–C–C–N with tert-alkyl or cyclic N) is 2.